The Morgan fingerprint density at radius 2 is 1.55 bits per heavy atom. The van der Waals surface area contributed by atoms with E-state index in [-0.39, 0.29) is 0 Å². The lowest BCUT2D eigenvalue weighted by atomic mass is 10.1. The first-order valence-electron chi connectivity index (χ1n) is 10.7. The summed E-state index contributed by atoms with van der Waals surface area (Å²) in [6.07, 6.45) is 1.82. The molecule has 0 amide bonds. The second-order valence-electron chi connectivity index (χ2n) is 8.03. The van der Waals surface area contributed by atoms with Crippen molar-refractivity contribution < 1.29 is 4.70 Å². The molecule has 6 aromatic rings. The van der Waals surface area contributed by atoms with Gasteiger partial charge in [0.05, 0.1) is 20.2 Å². The minimum absolute atomic E-state index is 0.653. The fraction of sp³-hybridized carbons (Fsp3) is 0.0370. The molecule has 4 heterocycles. The highest BCUT2D eigenvalue weighted by molar-refractivity contribution is 7.36. The summed E-state index contributed by atoms with van der Waals surface area (Å²) in [6, 6.07) is 29.6. The number of nitrogens with zero attached hydrogens (tertiary/aromatic N) is 4. The van der Waals surface area contributed by atoms with E-state index in [4.69, 9.17) is 0 Å². The number of hydrogen-bond acceptors (Lipinski definition) is 5. The highest BCUT2D eigenvalue weighted by atomic mass is 32.1. The van der Waals surface area contributed by atoms with E-state index in [2.05, 4.69) is 76.0 Å². The summed E-state index contributed by atoms with van der Waals surface area (Å²) in [4.78, 5) is 4.46. The molecule has 0 unspecified atom stereocenters. The zero-order valence-corrected chi connectivity index (χ0v) is 19.1. The number of thiophene rings is 2. The number of pyridine rings is 1. The van der Waals surface area contributed by atoms with Crippen molar-refractivity contribution in [3.05, 3.63) is 96.7 Å². The molecule has 1 aliphatic rings. The van der Waals surface area contributed by atoms with Gasteiger partial charge < -0.3 is 0 Å². The Labute approximate surface area is 197 Å². The van der Waals surface area contributed by atoms with Crippen LogP contribution in [0.2, 0.25) is 0 Å². The van der Waals surface area contributed by atoms with Gasteiger partial charge in [-0.05, 0) is 42.5 Å². The third-order valence-corrected chi connectivity index (χ3v) is 8.52. The van der Waals surface area contributed by atoms with Gasteiger partial charge in [0.15, 0.2) is 12.2 Å². The first kappa shape index (κ1) is 18.8. The molecule has 3 aromatic heterocycles. The molecule has 33 heavy (non-hydrogen) atoms. The highest BCUT2D eigenvalue weighted by Gasteiger charge is 2.25. The Hall–Kier alpha value is -3.74. The predicted molar refractivity (Wildman–Crippen MR) is 138 cm³/mol. The minimum atomic E-state index is 0.653. The van der Waals surface area contributed by atoms with Crippen LogP contribution in [0.1, 0.15) is 5.56 Å². The van der Waals surface area contributed by atoms with Crippen molar-refractivity contribution in [3.8, 4) is 11.3 Å². The number of fused-ring (bicyclic) bond motifs is 5. The zero-order chi connectivity index (χ0) is 21.8. The first-order chi connectivity index (χ1) is 16.3. The standard InChI is InChI=1S/C27H17N4S2/c1-2-10-24-20(8-1)26-27(32-24)21-12-11-18(15-25(21)33-26)23-16-31(30-29-23)19-7-5-6-17(14-19)22-9-3-4-13-28-22/h1-15H,16H2/q+1. The van der Waals surface area contributed by atoms with Crippen LogP contribution in [-0.4, -0.2) is 21.9 Å². The maximum atomic E-state index is 4.52. The summed E-state index contributed by atoms with van der Waals surface area (Å²) in [7, 11) is 0. The number of hydrogen-bond donors (Lipinski definition) is 0. The maximum Gasteiger partial charge on any atom is 0.231 e. The average molecular weight is 462 g/mol. The van der Waals surface area contributed by atoms with Crippen molar-refractivity contribution in [2.45, 2.75) is 0 Å². The lowest BCUT2D eigenvalue weighted by molar-refractivity contribution is -0.492. The third kappa shape index (κ3) is 3.10. The van der Waals surface area contributed by atoms with Gasteiger partial charge in [-0.15, -0.1) is 27.4 Å². The average Bonchev–Trinajstić information content (AvgIpc) is 3.59. The van der Waals surface area contributed by atoms with Gasteiger partial charge in [0.2, 0.25) is 5.71 Å². The Kier molecular flexibility index (Phi) is 4.22. The molecule has 4 nitrogen and oxygen atoms in total. The Bertz CT molecular complexity index is 1740. The van der Waals surface area contributed by atoms with Crippen LogP contribution in [0, 0.1) is 0 Å². The van der Waals surface area contributed by atoms with E-state index in [0.29, 0.717) is 6.54 Å². The summed E-state index contributed by atoms with van der Waals surface area (Å²) in [5, 5.41) is 11.7. The largest absolute Gasteiger partial charge is 0.256 e. The smallest absolute Gasteiger partial charge is 0.231 e. The fourth-order valence-electron chi connectivity index (χ4n) is 4.35. The van der Waals surface area contributed by atoms with Crippen molar-refractivity contribution in [3.63, 3.8) is 0 Å². The van der Waals surface area contributed by atoms with Crippen LogP contribution in [0.25, 0.3) is 40.8 Å². The summed E-state index contributed by atoms with van der Waals surface area (Å²) in [5.41, 5.74) is 5.16. The number of benzene rings is 3. The molecular weight excluding hydrogens is 444 g/mol. The Balaban J connectivity index is 1.20. The van der Waals surface area contributed by atoms with Gasteiger partial charge in [0, 0.05) is 37.5 Å². The van der Waals surface area contributed by atoms with Crippen LogP contribution in [-0.2, 0) is 0 Å². The summed E-state index contributed by atoms with van der Waals surface area (Å²) < 4.78 is 7.37. The minimum Gasteiger partial charge on any atom is -0.256 e. The molecule has 6 heteroatoms. The Morgan fingerprint density at radius 3 is 2.45 bits per heavy atom. The van der Waals surface area contributed by atoms with E-state index >= 15 is 0 Å². The molecule has 0 spiro atoms. The van der Waals surface area contributed by atoms with Gasteiger partial charge in [-0.2, -0.15) is 0 Å². The van der Waals surface area contributed by atoms with Crippen LogP contribution in [0.3, 0.4) is 0 Å². The van der Waals surface area contributed by atoms with Gasteiger partial charge in [-0.3, -0.25) is 4.98 Å². The molecule has 0 saturated carbocycles. The van der Waals surface area contributed by atoms with E-state index in [0.717, 1.165) is 28.2 Å². The summed E-state index contributed by atoms with van der Waals surface area (Å²) in [5.74, 6) is 0. The second kappa shape index (κ2) is 7.40. The Morgan fingerprint density at radius 1 is 0.697 bits per heavy atom. The van der Waals surface area contributed by atoms with Crippen molar-refractivity contribution in [2.75, 3.05) is 6.54 Å². The summed E-state index contributed by atoms with van der Waals surface area (Å²) >= 11 is 3.75. The normalized spacial score (nSPS) is 13.7. The lowest BCUT2D eigenvalue weighted by Gasteiger charge is -2.03. The molecule has 1 aliphatic heterocycles. The quantitative estimate of drug-likeness (QED) is 0.247. The third-order valence-electron chi connectivity index (χ3n) is 6.00. The van der Waals surface area contributed by atoms with Crippen LogP contribution in [0.5, 0.6) is 0 Å². The summed E-state index contributed by atoms with van der Waals surface area (Å²) in [6.45, 7) is 0.653. The lowest BCUT2D eigenvalue weighted by Crippen LogP contribution is -2.11. The van der Waals surface area contributed by atoms with Crippen LogP contribution < -0.4 is 0 Å². The van der Waals surface area contributed by atoms with E-state index in [1.807, 2.05) is 57.8 Å². The molecule has 0 saturated heterocycles. The molecular formula is C27H17N4S2+. The number of rotatable bonds is 3. The number of aromatic nitrogens is 1. The first-order valence-corrected chi connectivity index (χ1v) is 12.4. The SMILES string of the molecule is c1ccc(-c2cccc([N+]3=NN=C(c4ccc5c(c4)sc4c6ccccc6sc54)C3)c2)nc1. The van der Waals surface area contributed by atoms with Gasteiger partial charge in [-0.1, -0.05) is 42.5 Å². The van der Waals surface area contributed by atoms with Crippen LogP contribution >= 0.6 is 22.7 Å². The van der Waals surface area contributed by atoms with Gasteiger partial charge >= 0.3 is 0 Å². The maximum absolute atomic E-state index is 4.52. The predicted octanol–water partition coefficient (Wildman–Crippen LogP) is 7.85. The van der Waals surface area contributed by atoms with Crippen molar-refractivity contribution in [2.24, 2.45) is 10.3 Å². The van der Waals surface area contributed by atoms with Gasteiger partial charge in [-0.25, -0.2) is 0 Å². The van der Waals surface area contributed by atoms with E-state index in [1.54, 1.807) is 0 Å². The van der Waals surface area contributed by atoms with Crippen LogP contribution in [0.4, 0.5) is 5.69 Å². The molecule has 7 rings (SSSR count). The van der Waals surface area contributed by atoms with Crippen molar-refractivity contribution >= 4 is 63.6 Å². The molecule has 0 N–H and O–H groups in total. The van der Waals surface area contributed by atoms with Gasteiger partial charge in [0.1, 0.15) is 5.22 Å². The topological polar surface area (TPSA) is 40.6 Å². The van der Waals surface area contributed by atoms with E-state index < -0.39 is 0 Å². The molecule has 0 fully saturated rings. The van der Waals surface area contributed by atoms with Crippen molar-refractivity contribution in [1.29, 1.82) is 0 Å². The molecule has 3 aromatic carbocycles. The molecule has 0 aliphatic carbocycles. The molecule has 0 bridgehead atoms. The molecule has 0 atom stereocenters. The molecule has 0 radical (unpaired) electrons. The zero-order valence-electron chi connectivity index (χ0n) is 17.5. The van der Waals surface area contributed by atoms with E-state index in [1.165, 1.54) is 29.6 Å². The monoisotopic (exact) mass is 461 g/mol. The van der Waals surface area contributed by atoms with Crippen molar-refractivity contribution in [1.82, 2.24) is 4.98 Å². The van der Waals surface area contributed by atoms with Crippen LogP contribution in [0.15, 0.2) is 101 Å². The fourth-order valence-corrected chi connectivity index (χ4v) is 7.04. The second-order valence-corrected chi connectivity index (χ2v) is 10.1. The van der Waals surface area contributed by atoms with E-state index in [9.17, 15) is 0 Å². The molecule has 156 valence electrons. The highest BCUT2D eigenvalue weighted by Crippen LogP contribution is 2.44. The van der Waals surface area contributed by atoms with Gasteiger partial charge in [0.25, 0.3) is 0 Å².